The van der Waals surface area contributed by atoms with Crippen LogP contribution in [0.25, 0.3) is 0 Å². The first-order valence-electron chi connectivity index (χ1n) is 5.29. The lowest BCUT2D eigenvalue weighted by atomic mass is 10.2. The molecule has 1 aliphatic heterocycles. The van der Waals surface area contributed by atoms with Crippen molar-refractivity contribution in [3.8, 4) is 0 Å². The van der Waals surface area contributed by atoms with Gasteiger partial charge in [0.1, 0.15) is 5.25 Å². The zero-order valence-corrected chi connectivity index (χ0v) is 12.7. The van der Waals surface area contributed by atoms with Crippen LogP contribution in [0.1, 0.15) is 12.0 Å². The Balaban J connectivity index is 2.33. The van der Waals surface area contributed by atoms with Crippen LogP contribution in [0, 0.1) is 6.92 Å². The number of hydrogen-bond donors (Lipinski definition) is 0. The topological polar surface area (TPSA) is 54.5 Å². The summed E-state index contributed by atoms with van der Waals surface area (Å²) in [5, 5.41) is -0.833. The van der Waals surface area contributed by atoms with Gasteiger partial charge < -0.3 is 4.90 Å². The molecule has 2 rings (SSSR count). The molecule has 1 saturated heterocycles. The maximum atomic E-state index is 11.9. The quantitative estimate of drug-likeness (QED) is 0.768. The number of halogens is 2. The van der Waals surface area contributed by atoms with Crippen LogP contribution < -0.4 is 4.90 Å². The molecule has 0 bridgehead atoms. The minimum Gasteiger partial charge on any atom is -0.310 e. The van der Waals surface area contributed by atoms with Crippen LogP contribution in [0.15, 0.2) is 22.7 Å². The summed E-state index contributed by atoms with van der Waals surface area (Å²) in [7, 11) is 1.60. The molecule has 1 aromatic carbocycles. The van der Waals surface area contributed by atoms with Crippen LogP contribution >= 0.6 is 26.6 Å². The molecule has 7 heteroatoms. The number of hydrogen-bond acceptors (Lipinski definition) is 3. The molecule has 18 heavy (non-hydrogen) atoms. The molecule has 0 radical (unpaired) electrons. The summed E-state index contributed by atoms with van der Waals surface area (Å²) in [6, 6.07) is 5.54. The Morgan fingerprint density at radius 3 is 2.61 bits per heavy atom. The van der Waals surface area contributed by atoms with Crippen LogP contribution in [-0.4, -0.2) is 26.1 Å². The number of carbonyl (C=O) groups excluding carboxylic acids is 1. The highest BCUT2D eigenvalue weighted by Crippen LogP contribution is 2.32. The smallest absolute Gasteiger partial charge is 0.237 e. The van der Waals surface area contributed by atoms with Crippen LogP contribution in [-0.2, 0) is 13.8 Å². The number of nitrogens with zero attached hydrogens (tertiary/aromatic N) is 1. The molecule has 0 aliphatic carbocycles. The third-order valence-electron chi connectivity index (χ3n) is 2.88. The van der Waals surface area contributed by atoms with Gasteiger partial charge in [0.25, 0.3) is 0 Å². The number of rotatable bonds is 2. The fraction of sp³-hybridized carbons (Fsp3) is 0.364. The number of anilines is 1. The van der Waals surface area contributed by atoms with E-state index in [0.717, 1.165) is 10.0 Å². The van der Waals surface area contributed by atoms with E-state index in [2.05, 4.69) is 15.9 Å². The van der Waals surface area contributed by atoms with E-state index >= 15 is 0 Å². The highest BCUT2D eigenvalue weighted by Gasteiger charge is 2.38. The fourth-order valence-electron chi connectivity index (χ4n) is 1.93. The van der Waals surface area contributed by atoms with Crippen molar-refractivity contribution in [2.45, 2.75) is 18.6 Å². The highest BCUT2D eigenvalue weighted by molar-refractivity contribution is 9.10. The zero-order chi connectivity index (χ0) is 13.5. The van der Waals surface area contributed by atoms with E-state index in [1.54, 1.807) is 6.07 Å². The first-order chi connectivity index (χ1) is 8.29. The number of aryl methyl sites for hydroxylation is 1. The first kappa shape index (κ1) is 13.8. The second-order valence-electron chi connectivity index (χ2n) is 4.26. The number of benzene rings is 1. The van der Waals surface area contributed by atoms with Crippen LogP contribution in [0.4, 0.5) is 5.69 Å². The second-order valence-corrected chi connectivity index (χ2v) is 8.02. The molecule has 1 atom stereocenters. The van der Waals surface area contributed by atoms with Crippen molar-refractivity contribution < 1.29 is 13.2 Å². The SMILES string of the molecule is Cc1ccc(N2CC(S(=O)(=O)Cl)CC2=O)c(Br)c1. The van der Waals surface area contributed by atoms with E-state index in [0.29, 0.717) is 5.69 Å². The summed E-state index contributed by atoms with van der Waals surface area (Å²) >= 11 is 3.38. The number of amides is 1. The summed E-state index contributed by atoms with van der Waals surface area (Å²) in [5.74, 6) is -0.228. The van der Waals surface area contributed by atoms with E-state index in [9.17, 15) is 13.2 Å². The van der Waals surface area contributed by atoms with Gasteiger partial charge in [0.05, 0.1) is 5.69 Å². The third kappa shape index (κ3) is 2.70. The molecule has 0 N–H and O–H groups in total. The molecule has 1 aliphatic rings. The predicted octanol–water partition coefficient (Wildman–Crippen LogP) is 2.43. The molecule has 1 fully saturated rings. The highest BCUT2D eigenvalue weighted by atomic mass is 79.9. The summed E-state index contributed by atoms with van der Waals surface area (Å²) in [4.78, 5) is 13.3. The van der Waals surface area contributed by atoms with Gasteiger partial charge in [-0.3, -0.25) is 4.79 Å². The maximum absolute atomic E-state index is 11.9. The zero-order valence-electron chi connectivity index (χ0n) is 9.56. The van der Waals surface area contributed by atoms with Crippen molar-refractivity contribution in [1.82, 2.24) is 0 Å². The fourth-order valence-corrected chi connectivity index (χ4v) is 3.66. The molecule has 1 amide bonds. The molecule has 1 heterocycles. The molecule has 0 aromatic heterocycles. The van der Waals surface area contributed by atoms with Gasteiger partial charge in [-0.05, 0) is 40.5 Å². The molecular weight excluding hydrogens is 342 g/mol. The van der Waals surface area contributed by atoms with E-state index in [1.165, 1.54) is 4.90 Å². The molecule has 0 spiro atoms. The molecular formula is C11H11BrClNO3S. The van der Waals surface area contributed by atoms with Crippen molar-refractivity contribution in [2.24, 2.45) is 0 Å². The molecule has 98 valence electrons. The largest absolute Gasteiger partial charge is 0.310 e. The number of carbonyl (C=O) groups is 1. The minimum atomic E-state index is -3.70. The van der Waals surface area contributed by atoms with Gasteiger partial charge in [-0.15, -0.1) is 0 Å². The Morgan fingerprint density at radius 2 is 2.11 bits per heavy atom. The monoisotopic (exact) mass is 351 g/mol. The average Bonchev–Trinajstić information content (AvgIpc) is 2.60. The summed E-state index contributed by atoms with van der Waals surface area (Å²) < 4.78 is 23.3. The maximum Gasteiger partial charge on any atom is 0.237 e. The van der Waals surface area contributed by atoms with E-state index in [-0.39, 0.29) is 18.9 Å². The van der Waals surface area contributed by atoms with Gasteiger partial charge in [-0.2, -0.15) is 0 Å². The van der Waals surface area contributed by atoms with Gasteiger partial charge in [-0.25, -0.2) is 8.42 Å². The Kier molecular flexibility index (Phi) is 3.71. The summed E-state index contributed by atoms with van der Waals surface area (Å²) in [5.41, 5.74) is 1.73. The van der Waals surface area contributed by atoms with Crippen molar-refractivity contribution >= 4 is 47.3 Å². The van der Waals surface area contributed by atoms with Gasteiger partial charge >= 0.3 is 0 Å². The summed E-state index contributed by atoms with van der Waals surface area (Å²) in [6.07, 6.45) is -0.0633. The van der Waals surface area contributed by atoms with E-state index < -0.39 is 14.3 Å². The van der Waals surface area contributed by atoms with Crippen molar-refractivity contribution in [3.05, 3.63) is 28.2 Å². The molecule has 1 unspecified atom stereocenters. The minimum absolute atomic E-state index is 0.0633. The Morgan fingerprint density at radius 1 is 1.44 bits per heavy atom. The Bertz CT molecular complexity index is 602. The van der Waals surface area contributed by atoms with Crippen molar-refractivity contribution in [2.75, 3.05) is 11.4 Å². The lowest BCUT2D eigenvalue weighted by Crippen LogP contribution is -2.27. The van der Waals surface area contributed by atoms with Crippen LogP contribution in [0.2, 0.25) is 0 Å². The Hall–Kier alpha value is -0.590. The van der Waals surface area contributed by atoms with E-state index in [1.807, 2.05) is 19.1 Å². The molecule has 0 saturated carbocycles. The Labute approximate surface area is 118 Å². The van der Waals surface area contributed by atoms with Crippen molar-refractivity contribution in [3.63, 3.8) is 0 Å². The second kappa shape index (κ2) is 4.83. The summed E-state index contributed by atoms with van der Waals surface area (Å²) in [6.45, 7) is 2.04. The molecule has 4 nitrogen and oxygen atoms in total. The normalized spacial score (nSPS) is 20.5. The van der Waals surface area contributed by atoms with Gasteiger partial charge in [0, 0.05) is 28.1 Å². The first-order valence-corrected chi connectivity index (χ1v) is 8.45. The van der Waals surface area contributed by atoms with Crippen LogP contribution in [0.5, 0.6) is 0 Å². The van der Waals surface area contributed by atoms with E-state index in [4.69, 9.17) is 10.7 Å². The van der Waals surface area contributed by atoms with Gasteiger partial charge in [0.15, 0.2) is 0 Å². The lowest BCUT2D eigenvalue weighted by Gasteiger charge is -2.18. The third-order valence-corrected chi connectivity index (χ3v) is 5.38. The van der Waals surface area contributed by atoms with Crippen molar-refractivity contribution in [1.29, 1.82) is 0 Å². The predicted molar refractivity (Wildman–Crippen MR) is 74.4 cm³/mol. The lowest BCUT2D eigenvalue weighted by molar-refractivity contribution is -0.117. The standard InChI is InChI=1S/C11H11BrClNO3S/c1-7-2-3-10(9(12)4-7)14-6-8(5-11(14)15)18(13,16)17/h2-4,8H,5-6H2,1H3. The van der Waals surface area contributed by atoms with Gasteiger partial charge in [-0.1, -0.05) is 6.07 Å². The van der Waals surface area contributed by atoms with Crippen LogP contribution in [0.3, 0.4) is 0 Å². The molecule has 1 aromatic rings. The average molecular weight is 353 g/mol. The van der Waals surface area contributed by atoms with Gasteiger partial charge in [0.2, 0.25) is 15.0 Å².